The number of halogens is 1. The zero-order valence-electron chi connectivity index (χ0n) is 9.69. The largest absolute Gasteiger partial charge is 0.266 e. The summed E-state index contributed by atoms with van der Waals surface area (Å²) in [7, 11) is -1.86. The lowest BCUT2D eigenvalue weighted by Crippen LogP contribution is -2.35. The number of alkyl halides is 1. The molecule has 0 aromatic carbocycles. The molecule has 0 spiro atoms. The van der Waals surface area contributed by atoms with Gasteiger partial charge in [-0.1, -0.05) is 12.8 Å². The Kier molecular flexibility index (Phi) is 3.75. The van der Waals surface area contributed by atoms with E-state index in [1.807, 2.05) is 0 Å². The van der Waals surface area contributed by atoms with Crippen LogP contribution in [0.3, 0.4) is 0 Å². The molecule has 0 saturated heterocycles. The summed E-state index contributed by atoms with van der Waals surface area (Å²) in [6.07, 6.45) is 5.51. The predicted molar refractivity (Wildman–Crippen MR) is 65.3 cm³/mol. The van der Waals surface area contributed by atoms with Crippen LogP contribution >= 0.6 is 11.6 Å². The fourth-order valence-corrected chi connectivity index (χ4v) is 4.02. The molecule has 2 rings (SSSR count). The summed E-state index contributed by atoms with van der Waals surface area (Å²) in [6.45, 7) is 0. The van der Waals surface area contributed by atoms with Gasteiger partial charge in [0, 0.05) is 18.7 Å². The highest BCUT2D eigenvalue weighted by Gasteiger charge is 2.32. The summed E-state index contributed by atoms with van der Waals surface area (Å²) in [6, 6.07) is 0.103. The van der Waals surface area contributed by atoms with Crippen molar-refractivity contribution in [1.29, 1.82) is 0 Å². The van der Waals surface area contributed by atoms with E-state index in [-0.39, 0.29) is 16.9 Å². The number of hydrogen-bond donors (Lipinski definition) is 1. The maximum Gasteiger partial charge on any atom is 0.260 e. The van der Waals surface area contributed by atoms with Gasteiger partial charge in [0.25, 0.3) is 10.0 Å². The summed E-state index contributed by atoms with van der Waals surface area (Å²) in [5, 5.41) is 6.42. The van der Waals surface area contributed by atoms with Gasteiger partial charge >= 0.3 is 0 Å². The first-order valence-electron chi connectivity index (χ1n) is 5.63. The quantitative estimate of drug-likeness (QED) is 0.852. The van der Waals surface area contributed by atoms with Crippen molar-refractivity contribution >= 4 is 21.6 Å². The minimum absolute atomic E-state index is 0.103. The van der Waals surface area contributed by atoms with Crippen molar-refractivity contribution in [3.63, 3.8) is 0 Å². The molecule has 1 saturated carbocycles. The Morgan fingerprint density at radius 3 is 2.76 bits per heavy atom. The Morgan fingerprint density at radius 2 is 2.18 bits per heavy atom. The highest BCUT2D eigenvalue weighted by Crippen LogP contribution is 2.27. The molecule has 1 aliphatic carbocycles. The van der Waals surface area contributed by atoms with Gasteiger partial charge in [0.1, 0.15) is 0 Å². The highest BCUT2D eigenvalue weighted by molar-refractivity contribution is 7.89. The van der Waals surface area contributed by atoms with Crippen LogP contribution in [-0.4, -0.2) is 36.0 Å². The van der Waals surface area contributed by atoms with Gasteiger partial charge in [-0.15, -0.1) is 11.6 Å². The lowest BCUT2D eigenvalue weighted by atomic mass is 10.3. The Hall–Kier alpha value is -0.590. The van der Waals surface area contributed by atoms with Crippen molar-refractivity contribution in [2.45, 2.75) is 42.6 Å². The number of nitrogens with zero attached hydrogens (tertiary/aromatic N) is 2. The maximum absolute atomic E-state index is 12.4. The van der Waals surface area contributed by atoms with Crippen molar-refractivity contribution in [2.24, 2.45) is 0 Å². The molecule has 1 N–H and O–H groups in total. The van der Waals surface area contributed by atoms with Crippen molar-refractivity contribution < 1.29 is 8.42 Å². The molecule has 17 heavy (non-hydrogen) atoms. The number of aromatic amines is 1. The van der Waals surface area contributed by atoms with Gasteiger partial charge in [-0.2, -0.15) is 9.40 Å². The van der Waals surface area contributed by atoms with E-state index >= 15 is 0 Å². The number of hydrogen-bond acceptors (Lipinski definition) is 3. The van der Waals surface area contributed by atoms with Gasteiger partial charge in [0.2, 0.25) is 0 Å². The van der Waals surface area contributed by atoms with Gasteiger partial charge in [0.15, 0.2) is 5.03 Å². The maximum atomic E-state index is 12.4. The topological polar surface area (TPSA) is 66.1 Å². The van der Waals surface area contributed by atoms with Crippen LogP contribution in [0.2, 0.25) is 0 Å². The van der Waals surface area contributed by atoms with E-state index in [0.717, 1.165) is 25.7 Å². The summed E-state index contributed by atoms with van der Waals surface area (Å²) in [5.41, 5.74) is 0.525. The fourth-order valence-electron chi connectivity index (χ4n) is 2.23. The van der Waals surface area contributed by atoms with Crippen molar-refractivity contribution in [2.75, 3.05) is 7.05 Å². The summed E-state index contributed by atoms with van der Waals surface area (Å²) < 4.78 is 26.2. The first kappa shape index (κ1) is 12.9. The van der Waals surface area contributed by atoms with Gasteiger partial charge in [0.05, 0.1) is 12.1 Å². The Morgan fingerprint density at radius 1 is 1.53 bits per heavy atom. The molecule has 0 atom stereocenters. The van der Waals surface area contributed by atoms with Gasteiger partial charge < -0.3 is 0 Å². The lowest BCUT2D eigenvalue weighted by Gasteiger charge is -2.23. The minimum atomic E-state index is -3.49. The molecule has 5 nitrogen and oxygen atoms in total. The zero-order valence-corrected chi connectivity index (χ0v) is 11.3. The van der Waals surface area contributed by atoms with Crippen LogP contribution in [-0.2, 0) is 15.9 Å². The first-order chi connectivity index (χ1) is 8.07. The first-order valence-corrected chi connectivity index (χ1v) is 7.61. The molecule has 1 aromatic heterocycles. The van der Waals surface area contributed by atoms with Crippen molar-refractivity contribution in [1.82, 2.24) is 14.5 Å². The van der Waals surface area contributed by atoms with Crippen LogP contribution in [0.15, 0.2) is 11.2 Å². The summed E-state index contributed by atoms with van der Waals surface area (Å²) in [4.78, 5) is 0. The molecule has 1 heterocycles. The number of H-pyrrole nitrogens is 1. The lowest BCUT2D eigenvalue weighted by molar-refractivity contribution is 0.371. The van der Waals surface area contributed by atoms with Crippen LogP contribution in [0.4, 0.5) is 0 Å². The molecule has 1 aliphatic rings. The number of aromatic nitrogens is 2. The Balaban J connectivity index is 2.29. The third-order valence-corrected chi connectivity index (χ3v) is 5.51. The molecule has 96 valence electrons. The molecular formula is C10H16ClN3O2S. The van der Waals surface area contributed by atoms with E-state index in [0.29, 0.717) is 5.56 Å². The van der Waals surface area contributed by atoms with Crippen LogP contribution in [0.1, 0.15) is 31.2 Å². The average Bonchev–Trinajstić information content (AvgIpc) is 2.98. The number of sulfonamides is 1. The van der Waals surface area contributed by atoms with E-state index in [1.54, 1.807) is 7.05 Å². The molecule has 1 aromatic rings. The van der Waals surface area contributed by atoms with Crippen molar-refractivity contribution in [3.05, 3.63) is 11.8 Å². The number of rotatable bonds is 4. The van der Waals surface area contributed by atoms with Gasteiger partial charge in [-0.25, -0.2) is 8.42 Å². The smallest absolute Gasteiger partial charge is 0.260 e. The number of nitrogens with one attached hydrogen (secondary N) is 1. The average molecular weight is 278 g/mol. The predicted octanol–water partition coefficient (Wildman–Crippen LogP) is 1.71. The van der Waals surface area contributed by atoms with Crippen LogP contribution in [0.25, 0.3) is 0 Å². The second-order valence-corrected chi connectivity index (χ2v) is 6.52. The van der Waals surface area contributed by atoms with Crippen LogP contribution in [0.5, 0.6) is 0 Å². The molecule has 0 unspecified atom stereocenters. The minimum Gasteiger partial charge on any atom is -0.266 e. The van der Waals surface area contributed by atoms with Crippen LogP contribution < -0.4 is 0 Å². The molecule has 0 radical (unpaired) electrons. The van der Waals surface area contributed by atoms with Gasteiger partial charge in [-0.05, 0) is 12.8 Å². The molecule has 0 bridgehead atoms. The molecule has 1 fully saturated rings. The normalized spacial score (nSPS) is 18.1. The van der Waals surface area contributed by atoms with E-state index in [2.05, 4.69) is 10.2 Å². The van der Waals surface area contributed by atoms with E-state index < -0.39 is 10.0 Å². The SMILES string of the molecule is CN(C1CCCC1)S(=O)(=O)c1[nH]ncc1CCl. The standard InChI is InChI=1S/C10H16ClN3O2S/c1-14(9-4-2-3-5-9)17(15,16)10-8(6-11)7-12-13-10/h7,9H,2-6H2,1H3,(H,12,13). The monoisotopic (exact) mass is 277 g/mol. The second kappa shape index (κ2) is 4.96. The Labute approximate surface area is 106 Å². The molecule has 0 amide bonds. The highest BCUT2D eigenvalue weighted by atomic mass is 35.5. The zero-order chi connectivity index (χ0) is 12.5. The Bertz CT molecular complexity index is 479. The second-order valence-electron chi connectivity index (χ2n) is 4.32. The van der Waals surface area contributed by atoms with E-state index in [1.165, 1.54) is 10.5 Å². The van der Waals surface area contributed by atoms with E-state index in [9.17, 15) is 8.42 Å². The third-order valence-electron chi connectivity index (χ3n) is 3.30. The van der Waals surface area contributed by atoms with Crippen LogP contribution in [0, 0.1) is 0 Å². The molecular weight excluding hydrogens is 262 g/mol. The van der Waals surface area contributed by atoms with Gasteiger partial charge in [-0.3, -0.25) is 5.10 Å². The molecule has 0 aliphatic heterocycles. The van der Waals surface area contributed by atoms with E-state index in [4.69, 9.17) is 11.6 Å². The third kappa shape index (κ3) is 2.34. The summed E-state index contributed by atoms with van der Waals surface area (Å²) in [5.74, 6) is 0.142. The molecule has 7 heteroatoms. The fraction of sp³-hybridized carbons (Fsp3) is 0.700. The summed E-state index contributed by atoms with van der Waals surface area (Å²) >= 11 is 5.70. The van der Waals surface area contributed by atoms with Crippen molar-refractivity contribution in [3.8, 4) is 0 Å².